The molecular formula is C18H23FN4OS. The molecule has 0 bridgehead atoms. The van der Waals surface area contributed by atoms with E-state index in [1.807, 2.05) is 17.5 Å². The molecule has 0 fully saturated rings. The van der Waals surface area contributed by atoms with Gasteiger partial charge in [0, 0.05) is 26.7 Å². The Balaban J connectivity index is 1.65. The molecule has 134 valence electrons. The van der Waals surface area contributed by atoms with E-state index in [1.54, 1.807) is 26.1 Å². The molecule has 1 aromatic heterocycles. The fourth-order valence-electron chi connectivity index (χ4n) is 2.22. The zero-order valence-corrected chi connectivity index (χ0v) is 15.3. The van der Waals surface area contributed by atoms with Gasteiger partial charge >= 0.3 is 0 Å². The van der Waals surface area contributed by atoms with Gasteiger partial charge in [-0.05, 0) is 42.0 Å². The van der Waals surface area contributed by atoms with Crippen LogP contribution >= 0.6 is 11.3 Å². The van der Waals surface area contributed by atoms with Gasteiger partial charge in [-0.3, -0.25) is 9.79 Å². The first kappa shape index (κ1) is 18.9. The summed E-state index contributed by atoms with van der Waals surface area (Å²) in [5.74, 6) is 0.437. The minimum absolute atomic E-state index is 0.0378. The Morgan fingerprint density at radius 1 is 1.20 bits per heavy atom. The van der Waals surface area contributed by atoms with Crippen LogP contribution < -0.4 is 16.0 Å². The van der Waals surface area contributed by atoms with E-state index in [0.29, 0.717) is 31.2 Å². The van der Waals surface area contributed by atoms with Gasteiger partial charge in [0.25, 0.3) is 5.91 Å². The number of benzene rings is 1. The first-order chi connectivity index (χ1) is 12.1. The van der Waals surface area contributed by atoms with E-state index in [9.17, 15) is 9.18 Å². The van der Waals surface area contributed by atoms with Crippen molar-refractivity contribution in [1.29, 1.82) is 0 Å². The Morgan fingerprint density at radius 2 is 2.00 bits per heavy atom. The third-order valence-corrected chi connectivity index (χ3v) is 4.45. The average Bonchev–Trinajstić information content (AvgIpc) is 3.15. The summed E-state index contributed by atoms with van der Waals surface area (Å²) >= 11 is 1.43. The van der Waals surface area contributed by atoms with Gasteiger partial charge in [-0.2, -0.15) is 0 Å². The van der Waals surface area contributed by atoms with Crippen LogP contribution in [0.2, 0.25) is 0 Å². The highest BCUT2D eigenvalue weighted by Gasteiger charge is 2.05. The molecule has 0 saturated heterocycles. The van der Waals surface area contributed by atoms with E-state index in [0.717, 1.165) is 16.9 Å². The second-order valence-electron chi connectivity index (χ2n) is 5.52. The van der Waals surface area contributed by atoms with Crippen LogP contribution in [0.1, 0.15) is 27.2 Å². The lowest BCUT2D eigenvalue weighted by Gasteiger charge is -2.12. The molecule has 0 spiro atoms. The highest BCUT2D eigenvalue weighted by Crippen LogP contribution is 2.09. The van der Waals surface area contributed by atoms with E-state index in [4.69, 9.17) is 0 Å². The summed E-state index contributed by atoms with van der Waals surface area (Å²) in [6.45, 7) is 3.59. The van der Waals surface area contributed by atoms with Crippen molar-refractivity contribution in [3.05, 3.63) is 57.5 Å². The Hall–Kier alpha value is -2.41. The zero-order valence-electron chi connectivity index (χ0n) is 14.4. The van der Waals surface area contributed by atoms with Crippen LogP contribution in [0.15, 0.2) is 40.7 Å². The molecule has 0 aliphatic rings. The molecule has 0 aliphatic carbocycles. The van der Waals surface area contributed by atoms with Crippen molar-refractivity contribution in [2.24, 2.45) is 4.99 Å². The van der Waals surface area contributed by atoms with Crippen molar-refractivity contribution in [2.75, 3.05) is 20.1 Å². The van der Waals surface area contributed by atoms with Crippen LogP contribution in [-0.2, 0) is 6.54 Å². The summed E-state index contributed by atoms with van der Waals surface area (Å²) in [7, 11) is 1.70. The van der Waals surface area contributed by atoms with E-state index in [2.05, 4.69) is 20.9 Å². The first-order valence-electron chi connectivity index (χ1n) is 8.11. The number of guanidine groups is 1. The average molecular weight is 362 g/mol. The number of rotatable bonds is 7. The number of thiophene rings is 1. The van der Waals surface area contributed by atoms with Gasteiger partial charge in [0.05, 0.1) is 4.88 Å². The summed E-state index contributed by atoms with van der Waals surface area (Å²) in [5, 5.41) is 11.1. The van der Waals surface area contributed by atoms with Gasteiger partial charge in [-0.1, -0.05) is 18.2 Å². The van der Waals surface area contributed by atoms with Crippen LogP contribution in [0, 0.1) is 12.7 Å². The molecule has 0 saturated carbocycles. The Labute approximate surface area is 151 Å². The number of nitrogens with zero attached hydrogens (tertiary/aromatic N) is 1. The normalized spacial score (nSPS) is 11.2. The van der Waals surface area contributed by atoms with Crippen molar-refractivity contribution in [3.63, 3.8) is 0 Å². The van der Waals surface area contributed by atoms with Gasteiger partial charge in [-0.25, -0.2) is 4.39 Å². The van der Waals surface area contributed by atoms with Crippen LogP contribution in [0.25, 0.3) is 0 Å². The van der Waals surface area contributed by atoms with Gasteiger partial charge in [0.15, 0.2) is 5.96 Å². The minimum atomic E-state index is -0.198. The molecule has 3 N–H and O–H groups in total. The van der Waals surface area contributed by atoms with E-state index in [-0.39, 0.29) is 11.7 Å². The quantitative estimate of drug-likeness (QED) is 0.403. The monoisotopic (exact) mass is 362 g/mol. The highest BCUT2D eigenvalue weighted by atomic mass is 32.1. The molecule has 1 heterocycles. The van der Waals surface area contributed by atoms with Gasteiger partial charge in [-0.15, -0.1) is 11.3 Å². The Bertz CT molecular complexity index is 716. The summed E-state index contributed by atoms with van der Waals surface area (Å²) in [6.07, 6.45) is 0.785. The lowest BCUT2D eigenvalue weighted by atomic mass is 10.1. The molecule has 5 nitrogen and oxygen atoms in total. The largest absolute Gasteiger partial charge is 0.356 e. The SMILES string of the molecule is CN=C(NCCCNC(=O)c1cccs1)NCc1ccc(F)c(C)c1. The number of amides is 1. The molecule has 2 rings (SSSR count). The lowest BCUT2D eigenvalue weighted by Crippen LogP contribution is -2.38. The van der Waals surface area contributed by atoms with E-state index < -0.39 is 0 Å². The first-order valence-corrected chi connectivity index (χ1v) is 8.99. The smallest absolute Gasteiger partial charge is 0.261 e. The van der Waals surface area contributed by atoms with Crippen LogP contribution in [0.4, 0.5) is 4.39 Å². The molecule has 0 aliphatic heterocycles. The molecule has 0 unspecified atom stereocenters. The fraction of sp³-hybridized carbons (Fsp3) is 0.333. The lowest BCUT2D eigenvalue weighted by molar-refractivity contribution is 0.0957. The molecule has 0 radical (unpaired) electrons. The minimum Gasteiger partial charge on any atom is -0.356 e. The molecule has 1 amide bonds. The number of aliphatic imine (C=N–C) groups is 1. The maximum absolute atomic E-state index is 13.3. The molecular weight excluding hydrogens is 339 g/mol. The number of hydrogen-bond acceptors (Lipinski definition) is 3. The van der Waals surface area contributed by atoms with Gasteiger partial charge < -0.3 is 16.0 Å². The van der Waals surface area contributed by atoms with Crippen LogP contribution in [0.3, 0.4) is 0 Å². The molecule has 1 aromatic carbocycles. The number of carbonyl (C=O) groups is 1. The molecule has 2 aromatic rings. The molecule has 7 heteroatoms. The van der Waals surface area contributed by atoms with Crippen LogP contribution in [0.5, 0.6) is 0 Å². The Kier molecular flexibility index (Phi) is 7.40. The standard InChI is InChI=1S/C18H23FN4OS/c1-13-11-14(6-7-15(13)19)12-23-18(20-2)22-9-4-8-21-17(24)16-5-3-10-25-16/h3,5-7,10-11H,4,8-9,12H2,1-2H3,(H,21,24)(H2,20,22,23). The summed E-state index contributed by atoms with van der Waals surface area (Å²) in [6, 6.07) is 8.71. The second-order valence-corrected chi connectivity index (χ2v) is 6.47. The predicted octanol–water partition coefficient (Wildman–Crippen LogP) is 2.68. The highest BCUT2D eigenvalue weighted by molar-refractivity contribution is 7.12. The van der Waals surface area contributed by atoms with Gasteiger partial charge in [0.2, 0.25) is 0 Å². The maximum atomic E-state index is 13.3. The fourth-order valence-corrected chi connectivity index (χ4v) is 2.86. The third-order valence-electron chi connectivity index (χ3n) is 3.58. The Morgan fingerprint density at radius 3 is 2.68 bits per heavy atom. The topological polar surface area (TPSA) is 65.5 Å². The number of carbonyl (C=O) groups excluding carboxylic acids is 1. The number of nitrogens with one attached hydrogen (secondary N) is 3. The van der Waals surface area contributed by atoms with E-state index in [1.165, 1.54) is 17.4 Å². The number of halogens is 1. The molecule has 0 atom stereocenters. The van der Waals surface area contributed by atoms with Crippen molar-refractivity contribution in [2.45, 2.75) is 19.9 Å². The second kappa shape index (κ2) is 9.78. The van der Waals surface area contributed by atoms with Crippen molar-refractivity contribution in [3.8, 4) is 0 Å². The summed E-state index contributed by atoms with van der Waals surface area (Å²) < 4.78 is 13.3. The van der Waals surface area contributed by atoms with Gasteiger partial charge in [0.1, 0.15) is 5.82 Å². The van der Waals surface area contributed by atoms with Crippen molar-refractivity contribution < 1.29 is 9.18 Å². The van der Waals surface area contributed by atoms with E-state index >= 15 is 0 Å². The van der Waals surface area contributed by atoms with Crippen LogP contribution in [-0.4, -0.2) is 32.0 Å². The third kappa shape index (κ3) is 6.19. The number of hydrogen-bond donors (Lipinski definition) is 3. The van der Waals surface area contributed by atoms with Crippen molar-refractivity contribution >= 4 is 23.2 Å². The maximum Gasteiger partial charge on any atom is 0.261 e. The molecule has 25 heavy (non-hydrogen) atoms. The number of aryl methyl sites for hydroxylation is 1. The summed E-state index contributed by atoms with van der Waals surface area (Å²) in [4.78, 5) is 16.7. The zero-order chi connectivity index (χ0) is 18.1. The predicted molar refractivity (Wildman–Crippen MR) is 101 cm³/mol. The van der Waals surface area contributed by atoms with Crippen molar-refractivity contribution in [1.82, 2.24) is 16.0 Å². The summed E-state index contributed by atoms with van der Waals surface area (Å²) in [5.41, 5.74) is 1.62.